The van der Waals surface area contributed by atoms with Gasteiger partial charge in [0.2, 0.25) is 5.91 Å². The van der Waals surface area contributed by atoms with Gasteiger partial charge in [-0.25, -0.2) is 4.39 Å². The van der Waals surface area contributed by atoms with Gasteiger partial charge >= 0.3 is 0 Å². The number of hydrogen-bond donors (Lipinski definition) is 2. The smallest absolute Gasteiger partial charge is 0.217 e. The number of rotatable bonds is 3. The second-order valence-corrected chi connectivity index (χ2v) is 5.26. The molecular weight excluding hydrogens is 295 g/mol. The van der Waals surface area contributed by atoms with E-state index in [9.17, 15) is 14.3 Å². The van der Waals surface area contributed by atoms with E-state index in [4.69, 9.17) is 0 Å². The lowest BCUT2D eigenvalue weighted by Gasteiger charge is -2.20. The van der Waals surface area contributed by atoms with Crippen LogP contribution < -0.4 is 5.32 Å². The van der Waals surface area contributed by atoms with Gasteiger partial charge < -0.3 is 10.4 Å². The maximum atomic E-state index is 13.2. The molecule has 1 aromatic heterocycles. The van der Waals surface area contributed by atoms with Crippen LogP contribution in [0.15, 0.2) is 54.7 Å². The Hall–Kier alpha value is -2.95. The van der Waals surface area contributed by atoms with E-state index in [1.807, 2.05) is 12.1 Å². The highest BCUT2D eigenvalue weighted by molar-refractivity contribution is 5.86. The van der Waals surface area contributed by atoms with Gasteiger partial charge in [-0.1, -0.05) is 30.3 Å². The Morgan fingerprint density at radius 1 is 1.17 bits per heavy atom. The Labute approximate surface area is 132 Å². The van der Waals surface area contributed by atoms with Crippen LogP contribution >= 0.6 is 0 Å². The molecule has 0 fully saturated rings. The number of nitrogens with one attached hydrogen (secondary N) is 1. The van der Waals surface area contributed by atoms with Crippen molar-refractivity contribution in [3.63, 3.8) is 0 Å². The number of carbonyl (C=O) groups excluding carboxylic acids is 1. The molecule has 2 N–H and O–H groups in total. The van der Waals surface area contributed by atoms with Crippen LogP contribution in [0.2, 0.25) is 0 Å². The molecule has 0 bridgehead atoms. The summed E-state index contributed by atoms with van der Waals surface area (Å²) in [6, 6.07) is 12.4. The number of carbonyl (C=O) groups is 1. The van der Waals surface area contributed by atoms with Gasteiger partial charge in [-0.3, -0.25) is 9.78 Å². The van der Waals surface area contributed by atoms with Crippen molar-refractivity contribution in [2.24, 2.45) is 0 Å². The fourth-order valence-corrected chi connectivity index (χ4v) is 2.58. The third-order valence-corrected chi connectivity index (χ3v) is 3.64. The minimum atomic E-state index is -0.584. The lowest BCUT2D eigenvalue weighted by Crippen LogP contribution is -2.27. The predicted octanol–water partition coefficient (Wildman–Crippen LogP) is 3.31. The van der Waals surface area contributed by atoms with E-state index in [0.29, 0.717) is 16.6 Å². The molecule has 5 heteroatoms. The molecular formula is C18H15FN2O2. The minimum Gasteiger partial charge on any atom is -0.505 e. The number of phenolic OH excluding ortho intramolecular Hbond substituents is 1. The molecule has 0 unspecified atom stereocenters. The first-order chi connectivity index (χ1) is 11.1. The molecule has 3 aromatic rings. The number of hydrogen-bond acceptors (Lipinski definition) is 3. The summed E-state index contributed by atoms with van der Waals surface area (Å²) in [7, 11) is 0. The summed E-state index contributed by atoms with van der Waals surface area (Å²) in [6.07, 6.45) is 1.59. The van der Waals surface area contributed by atoms with E-state index in [1.165, 1.54) is 19.1 Å². The molecule has 0 saturated heterocycles. The van der Waals surface area contributed by atoms with Crippen molar-refractivity contribution in [1.29, 1.82) is 0 Å². The molecule has 0 aliphatic carbocycles. The molecule has 4 nitrogen and oxygen atoms in total. The van der Waals surface area contributed by atoms with Gasteiger partial charge in [-0.2, -0.15) is 0 Å². The summed E-state index contributed by atoms with van der Waals surface area (Å²) in [5.74, 6) is -0.606. The van der Waals surface area contributed by atoms with Gasteiger partial charge in [0, 0.05) is 24.1 Å². The van der Waals surface area contributed by atoms with Crippen LogP contribution in [-0.2, 0) is 4.79 Å². The zero-order valence-electron chi connectivity index (χ0n) is 12.5. The molecule has 2 aromatic carbocycles. The van der Waals surface area contributed by atoms with Gasteiger partial charge in [-0.05, 0) is 23.8 Å². The topological polar surface area (TPSA) is 62.2 Å². The Morgan fingerprint density at radius 3 is 2.61 bits per heavy atom. The fraction of sp³-hybridized carbons (Fsp3) is 0.111. The van der Waals surface area contributed by atoms with Crippen molar-refractivity contribution in [3.8, 4) is 5.75 Å². The van der Waals surface area contributed by atoms with Crippen LogP contribution in [0.4, 0.5) is 4.39 Å². The molecule has 0 spiro atoms. The Kier molecular flexibility index (Phi) is 3.93. The molecule has 0 saturated carbocycles. The molecule has 0 aliphatic rings. The SMILES string of the molecule is CC(=O)N[C@@H](c1ccc(F)cc1)c1ccc2cccnc2c1O. The van der Waals surface area contributed by atoms with E-state index in [2.05, 4.69) is 10.3 Å². The van der Waals surface area contributed by atoms with Crippen molar-refractivity contribution >= 4 is 16.8 Å². The van der Waals surface area contributed by atoms with Crippen LogP contribution in [0.3, 0.4) is 0 Å². The quantitative estimate of drug-likeness (QED) is 0.780. The van der Waals surface area contributed by atoms with Gasteiger partial charge in [0.25, 0.3) is 0 Å². The summed E-state index contributed by atoms with van der Waals surface area (Å²) in [5, 5.41) is 14.1. The molecule has 1 heterocycles. The lowest BCUT2D eigenvalue weighted by atomic mass is 9.96. The molecule has 1 atom stereocenters. The molecule has 116 valence electrons. The monoisotopic (exact) mass is 310 g/mol. The van der Waals surface area contributed by atoms with Crippen molar-refractivity contribution in [1.82, 2.24) is 10.3 Å². The number of amides is 1. The number of pyridine rings is 1. The molecule has 0 aliphatic heterocycles. The number of fused-ring (bicyclic) bond motifs is 1. The van der Waals surface area contributed by atoms with Crippen molar-refractivity contribution in [2.45, 2.75) is 13.0 Å². The highest BCUT2D eigenvalue weighted by Crippen LogP contribution is 2.34. The normalized spacial score (nSPS) is 12.1. The van der Waals surface area contributed by atoms with Crippen LogP contribution in [0.5, 0.6) is 5.75 Å². The van der Waals surface area contributed by atoms with E-state index in [0.717, 1.165) is 5.39 Å². The van der Waals surface area contributed by atoms with E-state index in [1.54, 1.807) is 30.5 Å². The number of aromatic hydroxyl groups is 1. The zero-order valence-corrected chi connectivity index (χ0v) is 12.5. The summed E-state index contributed by atoms with van der Waals surface area (Å²) >= 11 is 0. The summed E-state index contributed by atoms with van der Waals surface area (Å²) in [5.41, 5.74) is 1.65. The van der Waals surface area contributed by atoms with Crippen molar-refractivity contribution in [3.05, 3.63) is 71.7 Å². The van der Waals surface area contributed by atoms with Gasteiger partial charge in [0.05, 0.1) is 6.04 Å². The van der Waals surface area contributed by atoms with Crippen LogP contribution in [0, 0.1) is 5.82 Å². The zero-order chi connectivity index (χ0) is 16.4. The number of benzene rings is 2. The summed E-state index contributed by atoms with van der Waals surface area (Å²) < 4.78 is 13.2. The Balaban J connectivity index is 2.14. The molecule has 23 heavy (non-hydrogen) atoms. The third kappa shape index (κ3) is 2.99. The number of nitrogens with zero attached hydrogens (tertiary/aromatic N) is 1. The standard InChI is InChI=1S/C18H15FN2O2/c1-11(22)21-16(13-4-7-14(19)8-5-13)15-9-6-12-3-2-10-20-17(12)18(15)23/h2-10,16,23H,1H3,(H,21,22)/t16-/m0/s1. The molecule has 0 radical (unpaired) electrons. The third-order valence-electron chi connectivity index (χ3n) is 3.64. The van der Waals surface area contributed by atoms with Gasteiger partial charge in [0.1, 0.15) is 17.1 Å². The average Bonchev–Trinajstić information content (AvgIpc) is 2.54. The Morgan fingerprint density at radius 2 is 1.91 bits per heavy atom. The van der Waals surface area contributed by atoms with E-state index < -0.39 is 6.04 Å². The first-order valence-electron chi connectivity index (χ1n) is 7.15. The highest BCUT2D eigenvalue weighted by Gasteiger charge is 2.20. The van der Waals surface area contributed by atoms with Gasteiger partial charge in [-0.15, -0.1) is 0 Å². The molecule has 1 amide bonds. The van der Waals surface area contributed by atoms with Crippen LogP contribution in [-0.4, -0.2) is 16.0 Å². The summed E-state index contributed by atoms with van der Waals surface area (Å²) in [6.45, 7) is 1.40. The first-order valence-corrected chi connectivity index (χ1v) is 7.15. The number of halogens is 1. The van der Waals surface area contributed by atoms with E-state index in [-0.39, 0.29) is 17.5 Å². The van der Waals surface area contributed by atoms with Crippen molar-refractivity contribution < 1.29 is 14.3 Å². The molecule has 3 rings (SSSR count). The predicted molar refractivity (Wildman–Crippen MR) is 85.5 cm³/mol. The number of aromatic nitrogens is 1. The number of phenols is 1. The average molecular weight is 310 g/mol. The second-order valence-electron chi connectivity index (χ2n) is 5.26. The largest absolute Gasteiger partial charge is 0.505 e. The fourth-order valence-electron chi connectivity index (χ4n) is 2.58. The van der Waals surface area contributed by atoms with Crippen LogP contribution in [0.1, 0.15) is 24.1 Å². The lowest BCUT2D eigenvalue weighted by molar-refractivity contribution is -0.119. The Bertz CT molecular complexity index is 863. The minimum absolute atomic E-state index is 0.00572. The second kappa shape index (κ2) is 6.04. The maximum Gasteiger partial charge on any atom is 0.217 e. The summed E-state index contributed by atoms with van der Waals surface area (Å²) in [4.78, 5) is 15.7. The maximum absolute atomic E-state index is 13.2. The van der Waals surface area contributed by atoms with Crippen molar-refractivity contribution in [2.75, 3.05) is 0 Å². The van der Waals surface area contributed by atoms with Gasteiger partial charge in [0.15, 0.2) is 0 Å². The highest BCUT2D eigenvalue weighted by atomic mass is 19.1. The first kappa shape index (κ1) is 15.0. The van der Waals surface area contributed by atoms with Crippen LogP contribution in [0.25, 0.3) is 10.9 Å². The van der Waals surface area contributed by atoms with E-state index >= 15 is 0 Å².